The lowest BCUT2D eigenvalue weighted by Crippen LogP contribution is -2.29. The summed E-state index contributed by atoms with van der Waals surface area (Å²) in [7, 11) is 0. The molecule has 1 aromatic rings. The third-order valence-corrected chi connectivity index (χ3v) is 4.49. The molecule has 2 rings (SSSR count). The minimum Gasteiger partial charge on any atom is -0.481 e. The molecule has 17 heavy (non-hydrogen) atoms. The van der Waals surface area contributed by atoms with Crippen LogP contribution in [0.4, 0.5) is 0 Å². The number of carboxylic acids is 1. The number of carboxylic acid groups (broad SMARTS) is 1. The molecule has 1 aromatic heterocycles. The minimum atomic E-state index is -0.701. The van der Waals surface area contributed by atoms with Crippen LogP contribution >= 0.6 is 15.9 Å². The zero-order chi connectivity index (χ0) is 12.4. The molecule has 1 aliphatic rings. The maximum absolute atomic E-state index is 11.3. The van der Waals surface area contributed by atoms with Gasteiger partial charge in [-0.25, -0.2) is 0 Å². The molecule has 1 N–H and O–H groups in total. The van der Waals surface area contributed by atoms with Gasteiger partial charge in [0.2, 0.25) is 0 Å². The zero-order valence-electron chi connectivity index (χ0n) is 9.86. The van der Waals surface area contributed by atoms with E-state index in [4.69, 9.17) is 4.42 Å². The molecule has 0 spiro atoms. The van der Waals surface area contributed by atoms with Gasteiger partial charge < -0.3 is 9.52 Å². The summed E-state index contributed by atoms with van der Waals surface area (Å²) in [5.74, 6) is 0.423. The van der Waals surface area contributed by atoms with Crippen LogP contribution < -0.4 is 0 Å². The number of furan rings is 1. The summed E-state index contributed by atoms with van der Waals surface area (Å²) in [6, 6.07) is 1.84. The second-order valence-electron chi connectivity index (χ2n) is 4.77. The first-order chi connectivity index (χ1) is 8.13. The van der Waals surface area contributed by atoms with Crippen molar-refractivity contribution in [2.75, 3.05) is 0 Å². The van der Waals surface area contributed by atoms with E-state index in [0.29, 0.717) is 5.92 Å². The number of hydrogen-bond donors (Lipinski definition) is 1. The van der Waals surface area contributed by atoms with Crippen molar-refractivity contribution in [1.82, 2.24) is 0 Å². The fraction of sp³-hybridized carbons (Fsp3) is 0.615. The highest BCUT2D eigenvalue weighted by Gasteiger charge is 2.37. The zero-order valence-corrected chi connectivity index (χ0v) is 11.4. The van der Waals surface area contributed by atoms with Crippen LogP contribution in [-0.2, 0) is 4.79 Å². The molecule has 1 heterocycles. The molecule has 1 fully saturated rings. The summed E-state index contributed by atoms with van der Waals surface area (Å²) in [6.45, 7) is 2.17. The van der Waals surface area contributed by atoms with Crippen LogP contribution in [-0.4, -0.2) is 11.1 Å². The lowest BCUT2D eigenvalue weighted by molar-refractivity contribution is -0.144. The lowest BCUT2D eigenvalue weighted by atomic mass is 9.72. The number of rotatable bonds is 3. The minimum absolute atomic E-state index is 0.00979. The van der Waals surface area contributed by atoms with Crippen molar-refractivity contribution < 1.29 is 14.3 Å². The van der Waals surface area contributed by atoms with Crippen LogP contribution in [0.25, 0.3) is 0 Å². The molecule has 1 aliphatic carbocycles. The summed E-state index contributed by atoms with van der Waals surface area (Å²) >= 11 is 3.43. The molecule has 0 aliphatic heterocycles. The van der Waals surface area contributed by atoms with Crippen LogP contribution in [0.2, 0.25) is 0 Å². The van der Waals surface area contributed by atoms with Gasteiger partial charge in [0.15, 0.2) is 0 Å². The number of hydrogen-bond acceptors (Lipinski definition) is 2. The first kappa shape index (κ1) is 12.7. The summed E-state index contributed by atoms with van der Waals surface area (Å²) in [5.41, 5.74) is 0. The van der Waals surface area contributed by atoms with Crippen molar-refractivity contribution in [2.45, 2.75) is 38.5 Å². The lowest BCUT2D eigenvalue weighted by Gasteiger charge is -2.32. The van der Waals surface area contributed by atoms with Gasteiger partial charge in [0.25, 0.3) is 0 Å². The van der Waals surface area contributed by atoms with Crippen LogP contribution in [0.1, 0.15) is 44.3 Å². The molecule has 3 unspecified atom stereocenters. The second-order valence-corrected chi connectivity index (χ2v) is 5.63. The SMILES string of the molecule is CCC1CCC(C(=O)O)C(c2occc2Br)C1. The maximum Gasteiger partial charge on any atom is 0.307 e. The van der Waals surface area contributed by atoms with Crippen LogP contribution in [0.5, 0.6) is 0 Å². The van der Waals surface area contributed by atoms with Gasteiger partial charge in [-0.05, 0) is 47.2 Å². The summed E-state index contributed by atoms with van der Waals surface area (Å²) in [6.07, 6.45) is 5.42. The van der Waals surface area contributed by atoms with Gasteiger partial charge in [-0.15, -0.1) is 0 Å². The van der Waals surface area contributed by atoms with Gasteiger partial charge in [-0.3, -0.25) is 4.79 Å². The van der Waals surface area contributed by atoms with Crippen molar-refractivity contribution in [3.05, 3.63) is 22.6 Å². The van der Waals surface area contributed by atoms with E-state index in [1.165, 1.54) is 0 Å². The third kappa shape index (κ3) is 2.57. The van der Waals surface area contributed by atoms with E-state index in [9.17, 15) is 9.90 Å². The van der Waals surface area contributed by atoms with E-state index in [-0.39, 0.29) is 11.8 Å². The highest BCUT2D eigenvalue weighted by molar-refractivity contribution is 9.10. The van der Waals surface area contributed by atoms with Gasteiger partial charge in [0.05, 0.1) is 16.7 Å². The standard InChI is InChI=1S/C13H17BrO3/c1-2-8-3-4-9(13(15)16)10(7-8)12-11(14)5-6-17-12/h5-6,8-10H,2-4,7H2,1H3,(H,15,16). The monoisotopic (exact) mass is 300 g/mol. The summed E-state index contributed by atoms with van der Waals surface area (Å²) < 4.78 is 6.36. The average Bonchev–Trinajstić information content (AvgIpc) is 2.74. The highest BCUT2D eigenvalue weighted by atomic mass is 79.9. The molecule has 1 saturated carbocycles. The van der Waals surface area contributed by atoms with Crippen LogP contribution in [0.3, 0.4) is 0 Å². The van der Waals surface area contributed by atoms with Gasteiger partial charge in [-0.2, -0.15) is 0 Å². The predicted molar refractivity (Wildman–Crippen MR) is 67.9 cm³/mol. The number of aliphatic carboxylic acids is 1. The van der Waals surface area contributed by atoms with E-state index in [1.807, 2.05) is 6.07 Å². The van der Waals surface area contributed by atoms with Crippen molar-refractivity contribution >= 4 is 21.9 Å². The Kier molecular flexibility index (Phi) is 3.92. The fourth-order valence-electron chi connectivity index (χ4n) is 2.78. The Morgan fingerprint density at radius 3 is 2.88 bits per heavy atom. The predicted octanol–water partition coefficient (Wildman–Crippen LogP) is 4.04. The fourth-order valence-corrected chi connectivity index (χ4v) is 3.28. The summed E-state index contributed by atoms with van der Waals surface area (Å²) in [4.78, 5) is 11.3. The third-order valence-electron chi connectivity index (χ3n) is 3.83. The Morgan fingerprint density at radius 2 is 2.35 bits per heavy atom. The molecule has 0 amide bonds. The molecule has 0 saturated heterocycles. The van der Waals surface area contributed by atoms with Gasteiger partial charge in [0.1, 0.15) is 5.76 Å². The first-order valence-corrected chi connectivity index (χ1v) is 6.88. The van der Waals surface area contributed by atoms with Crippen molar-refractivity contribution in [2.24, 2.45) is 11.8 Å². The van der Waals surface area contributed by atoms with E-state index in [0.717, 1.165) is 35.9 Å². The Hall–Kier alpha value is -0.770. The quantitative estimate of drug-likeness (QED) is 0.916. The molecule has 0 bridgehead atoms. The first-order valence-electron chi connectivity index (χ1n) is 6.09. The molecule has 3 nitrogen and oxygen atoms in total. The van der Waals surface area contributed by atoms with E-state index >= 15 is 0 Å². The Balaban J connectivity index is 2.25. The molecule has 4 heteroatoms. The average molecular weight is 301 g/mol. The van der Waals surface area contributed by atoms with Crippen LogP contribution in [0, 0.1) is 11.8 Å². The largest absolute Gasteiger partial charge is 0.481 e. The van der Waals surface area contributed by atoms with Gasteiger partial charge in [-0.1, -0.05) is 13.3 Å². The number of halogens is 1. The van der Waals surface area contributed by atoms with E-state index < -0.39 is 5.97 Å². The smallest absolute Gasteiger partial charge is 0.307 e. The summed E-state index contributed by atoms with van der Waals surface area (Å²) in [5, 5.41) is 9.30. The van der Waals surface area contributed by atoms with E-state index in [1.54, 1.807) is 6.26 Å². The molecular formula is C13H17BrO3. The topological polar surface area (TPSA) is 50.4 Å². The molecule has 3 atom stereocenters. The normalized spacial score (nSPS) is 29.2. The van der Waals surface area contributed by atoms with Gasteiger partial charge in [0, 0.05) is 5.92 Å². The van der Waals surface area contributed by atoms with Crippen LogP contribution in [0.15, 0.2) is 21.2 Å². The Labute approximate surface area is 109 Å². The molecule has 0 radical (unpaired) electrons. The van der Waals surface area contributed by atoms with Gasteiger partial charge >= 0.3 is 5.97 Å². The second kappa shape index (κ2) is 5.25. The Morgan fingerprint density at radius 1 is 1.59 bits per heavy atom. The van der Waals surface area contributed by atoms with Crippen molar-refractivity contribution in [3.8, 4) is 0 Å². The van der Waals surface area contributed by atoms with E-state index in [2.05, 4.69) is 22.9 Å². The maximum atomic E-state index is 11.3. The number of carbonyl (C=O) groups is 1. The van der Waals surface area contributed by atoms with Crippen molar-refractivity contribution in [3.63, 3.8) is 0 Å². The molecular weight excluding hydrogens is 284 g/mol. The molecule has 94 valence electrons. The molecule has 0 aromatic carbocycles. The Bertz CT molecular complexity index is 399. The van der Waals surface area contributed by atoms with Crippen molar-refractivity contribution in [1.29, 1.82) is 0 Å². The highest BCUT2D eigenvalue weighted by Crippen LogP contribution is 2.44.